The molecule has 7 heteroatoms. The van der Waals surface area contributed by atoms with Gasteiger partial charge in [0.1, 0.15) is 5.82 Å². The maximum atomic E-state index is 11.8. The molecule has 2 rings (SSSR count). The van der Waals surface area contributed by atoms with E-state index in [-0.39, 0.29) is 11.8 Å². The summed E-state index contributed by atoms with van der Waals surface area (Å²) >= 11 is 0. The van der Waals surface area contributed by atoms with Crippen molar-refractivity contribution in [1.82, 2.24) is 4.98 Å². The van der Waals surface area contributed by atoms with Crippen LogP contribution in [0.3, 0.4) is 0 Å². The molecule has 0 saturated carbocycles. The molecule has 0 radical (unpaired) electrons. The van der Waals surface area contributed by atoms with Crippen molar-refractivity contribution < 1.29 is 9.59 Å². The maximum absolute atomic E-state index is 11.8. The van der Waals surface area contributed by atoms with Crippen LogP contribution < -0.4 is 4.90 Å². The van der Waals surface area contributed by atoms with Crippen LogP contribution in [0.4, 0.5) is 5.82 Å². The van der Waals surface area contributed by atoms with Gasteiger partial charge in [0, 0.05) is 36.2 Å². The molecular weight excluding hydrogens is 234 g/mol. The van der Waals surface area contributed by atoms with E-state index in [1.54, 1.807) is 17.0 Å². The molecule has 1 aliphatic rings. The van der Waals surface area contributed by atoms with Crippen LogP contribution in [-0.4, -0.2) is 30.3 Å². The molecule has 1 unspecified atom stereocenters. The molecule has 1 aliphatic heterocycles. The summed E-state index contributed by atoms with van der Waals surface area (Å²) in [4.78, 5) is 30.6. The quantitative estimate of drug-likeness (QED) is 0.348. The lowest BCUT2D eigenvalue weighted by Gasteiger charge is -2.14. The average Bonchev–Trinajstić information content (AvgIpc) is 2.78. The average molecular weight is 245 g/mol. The minimum absolute atomic E-state index is 0.0287. The second-order valence-corrected chi connectivity index (χ2v) is 4.06. The van der Waals surface area contributed by atoms with Crippen LogP contribution in [-0.2, 0) is 4.79 Å². The molecular formula is C11H11N5O2. The van der Waals surface area contributed by atoms with Crippen LogP contribution in [0.2, 0.25) is 0 Å². The zero-order valence-corrected chi connectivity index (χ0v) is 9.56. The lowest BCUT2D eigenvalue weighted by Crippen LogP contribution is -2.25. The van der Waals surface area contributed by atoms with Crippen LogP contribution in [0.25, 0.3) is 10.4 Å². The monoisotopic (exact) mass is 245 g/mol. The zero-order chi connectivity index (χ0) is 13.0. The number of rotatable bonds is 4. The van der Waals surface area contributed by atoms with Crippen molar-refractivity contribution in [3.8, 4) is 0 Å². The van der Waals surface area contributed by atoms with Crippen LogP contribution in [0.15, 0.2) is 23.4 Å². The number of nitrogens with zero attached hydrogens (tertiary/aromatic N) is 5. The third-order valence-corrected chi connectivity index (χ3v) is 2.79. The molecule has 1 amide bonds. The first-order valence-electron chi connectivity index (χ1n) is 5.47. The zero-order valence-electron chi connectivity index (χ0n) is 9.56. The lowest BCUT2D eigenvalue weighted by atomic mass is 10.1. The molecule has 92 valence electrons. The van der Waals surface area contributed by atoms with Crippen molar-refractivity contribution in [1.29, 1.82) is 0 Å². The van der Waals surface area contributed by atoms with Gasteiger partial charge in [-0.25, -0.2) is 4.98 Å². The van der Waals surface area contributed by atoms with E-state index >= 15 is 0 Å². The van der Waals surface area contributed by atoms with Crippen molar-refractivity contribution in [2.24, 2.45) is 11.0 Å². The second kappa shape index (κ2) is 5.29. The van der Waals surface area contributed by atoms with Gasteiger partial charge in [-0.3, -0.25) is 14.5 Å². The highest BCUT2D eigenvalue weighted by atomic mass is 16.2. The van der Waals surface area contributed by atoms with Gasteiger partial charge in [-0.2, -0.15) is 0 Å². The number of anilines is 1. The Morgan fingerprint density at radius 3 is 3.06 bits per heavy atom. The largest absolute Gasteiger partial charge is 0.298 e. The maximum Gasteiger partial charge on any atom is 0.228 e. The van der Waals surface area contributed by atoms with Crippen LogP contribution in [0, 0.1) is 5.92 Å². The molecule has 0 spiro atoms. The van der Waals surface area contributed by atoms with E-state index in [1.807, 2.05) is 0 Å². The molecule has 2 heterocycles. The van der Waals surface area contributed by atoms with E-state index < -0.39 is 0 Å². The van der Waals surface area contributed by atoms with Gasteiger partial charge < -0.3 is 0 Å². The Balaban J connectivity index is 2.10. The van der Waals surface area contributed by atoms with Crippen molar-refractivity contribution >= 4 is 18.0 Å². The van der Waals surface area contributed by atoms with E-state index in [1.165, 1.54) is 6.20 Å². The fourth-order valence-corrected chi connectivity index (χ4v) is 1.90. The number of aromatic nitrogens is 1. The Bertz CT molecular complexity index is 507. The van der Waals surface area contributed by atoms with Gasteiger partial charge >= 0.3 is 0 Å². The second-order valence-electron chi connectivity index (χ2n) is 4.06. The Hall–Kier alpha value is -2.40. The third kappa shape index (κ3) is 2.46. The molecule has 0 aliphatic carbocycles. The highest BCUT2D eigenvalue weighted by molar-refractivity contribution is 5.95. The Morgan fingerprint density at radius 2 is 2.44 bits per heavy atom. The number of pyridine rings is 1. The summed E-state index contributed by atoms with van der Waals surface area (Å²) in [6.45, 7) is 0.802. The lowest BCUT2D eigenvalue weighted by molar-refractivity contribution is -0.117. The summed E-state index contributed by atoms with van der Waals surface area (Å²) in [7, 11) is 0. The van der Waals surface area contributed by atoms with Crippen LogP contribution >= 0.6 is 0 Å². The number of hydrogen-bond acceptors (Lipinski definition) is 4. The third-order valence-electron chi connectivity index (χ3n) is 2.79. The Morgan fingerprint density at radius 1 is 1.61 bits per heavy atom. The fraction of sp³-hybridized carbons (Fsp3) is 0.364. The summed E-state index contributed by atoms with van der Waals surface area (Å²) < 4.78 is 0. The fourth-order valence-electron chi connectivity index (χ4n) is 1.90. The molecule has 1 atom stereocenters. The molecule has 1 saturated heterocycles. The van der Waals surface area contributed by atoms with Gasteiger partial charge in [-0.1, -0.05) is 5.11 Å². The molecule has 0 aromatic carbocycles. The van der Waals surface area contributed by atoms with E-state index in [4.69, 9.17) is 5.53 Å². The van der Waals surface area contributed by atoms with Gasteiger partial charge in [0.05, 0.1) is 0 Å². The number of aldehydes is 1. The van der Waals surface area contributed by atoms with Crippen molar-refractivity contribution in [3.05, 3.63) is 34.3 Å². The van der Waals surface area contributed by atoms with E-state index in [2.05, 4.69) is 15.0 Å². The van der Waals surface area contributed by atoms with Gasteiger partial charge in [0.25, 0.3) is 0 Å². The van der Waals surface area contributed by atoms with E-state index in [9.17, 15) is 9.59 Å². The van der Waals surface area contributed by atoms with E-state index in [0.29, 0.717) is 37.2 Å². The molecule has 1 aromatic heterocycles. The molecule has 1 aromatic rings. The molecule has 0 bridgehead atoms. The standard InChI is InChI=1S/C11H11N5O2/c12-15-14-5-9-3-11(18)16(6-9)10-2-1-8(7-17)4-13-10/h1-2,4,7,9H,3,5-6H2. The minimum Gasteiger partial charge on any atom is -0.298 e. The smallest absolute Gasteiger partial charge is 0.228 e. The van der Waals surface area contributed by atoms with Crippen molar-refractivity contribution in [3.63, 3.8) is 0 Å². The van der Waals surface area contributed by atoms with Gasteiger partial charge in [-0.15, -0.1) is 0 Å². The highest BCUT2D eigenvalue weighted by Gasteiger charge is 2.30. The first-order chi connectivity index (χ1) is 8.74. The summed E-state index contributed by atoms with van der Waals surface area (Å²) in [5.74, 6) is 0.509. The van der Waals surface area contributed by atoms with Crippen molar-refractivity contribution in [2.75, 3.05) is 18.0 Å². The first kappa shape index (κ1) is 12.1. The number of carbonyl (C=O) groups is 2. The molecule has 1 fully saturated rings. The summed E-state index contributed by atoms with van der Waals surface area (Å²) in [5.41, 5.74) is 8.72. The number of hydrogen-bond donors (Lipinski definition) is 0. The summed E-state index contributed by atoms with van der Waals surface area (Å²) in [6, 6.07) is 3.25. The van der Waals surface area contributed by atoms with Gasteiger partial charge in [0.15, 0.2) is 6.29 Å². The van der Waals surface area contributed by atoms with Crippen LogP contribution in [0.5, 0.6) is 0 Å². The van der Waals surface area contributed by atoms with Gasteiger partial charge in [-0.05, 0) is 23.6 Å². The first-order valence-corrected chi connectivity index (χ1v) is 5.47. The van der Waals surface area contributed by atoms with Gasteiger partial charge in [0.2, 0.25) is 5.91 Å². The minimum atomic E-state index is -0.0421. The summed E-state index contributed by atoms with van der Waals surface area (Å²) in [6.07, 6.45) is 2.49. The normalized spacial score (nSPS) is 18.6. The highest BCUT2D eigenvalue weighted by Crippen LogP contribution is 2.23. The topological polar surface area (TPSA) is 99.0 Å². The van der Waals surface area contributed by atoms with E-state index in [0.717, 1.165) is 0 Å². The van der Waals surface area contributed by atoms with Crippen LogP contribution in [0.1, 0.15) is 16.8 Å². The molecule has 18 heavy (non-hydrogen) atoms. The SMILES string of the molecule is [N-]=[N+]=NCC1CC(=O)N(c2ccc(C=O)cn2)C1. The number of carbonyl (C=O) groups excluding carboxylic acids is 2. The predicted molar refractivity (Wildman–Crippen MR) is 64.1 cm³/mol. The predicted octanol–water partition coefficient (Wildman–Crippen LogP) is 1.56. The summed E-state index contributed by atoms with van der Waals surface area (Å²) in [5, 5.41) is 3.48. The Kier molecular flexibility index (Phi) is 3.54. The Labute approximate surface area is 103 Å². The number of amides is 1. The molecule has 0 N–H and O–H groups in total. The number of azide groups is 1. The molecule has 7 nitrogen and oxygen atoms in total. The van der Waals surface area contributed by atoms with Crippen molar-refractivity contribution in [2.45, 2.75) is 6.42 Å².